The summed E-state index contributed by atoms with van der Waals surface area (Å²) >= 11 is 0. The van der Waals surface area contributed by atoms with E-state index in [2.05, 4.69) is 5.32 Å². The number of hydrogen-bond donors (Lipinski definition) is 2. The predicted octanol–water partition coefficient (Wildman–Crippen LogP) is 2.05. The van der Waals surface area contributed by atoms with E-state index in [1.807, 2.05) is 0 Å². The van der Waals surface area contributed by atoms with Crippen LogP contribution >= 0.6 is 0 Å². The van der Waals surface area contributed by atoms with Crippen LogP contribution in [0.3, 0.4) is 0 Å². The van der Waals surface area contributed by atoms with Gasteiger partial charge in [0.05, 0.1) is 22.6 Å². The van der Waals surface area contributed by atoms with Crippen LogP contribution in [0.4, 0.5) is 15.8 Å². The Balaban J connectivity index is 1.77. The third-order valence-electron chi connectivity index (χ3n) is 4.64. The Hall–Kier alpha value is -2.02. The molecule has 0 saturated heterocycles. The Labute approximate surface area is 120 Å². The number of anilines is 1. The molecule has 3 rings (SSSR count). The summed E-state index contributed by atoms with van der Waals surface area (Å²) in [6.07, 6.45) is 3.00. The lowest BCUT2D eigenvalue weighted by molar-refractivity contribution is -0.385. The molecule has 0 radical (unpaired) electrons. The molecule has 2 bridgehead atoms. The molecule has 3 N–H and O–H groups in total. The second-order valence-corrected chi connectivity index (χ2v) is 5.88. The van der Waals surface area contributed by atoms with Crippen LogP contribution in [-0.4, -0.2) is 16.9 Å². The first-order valence-corrected chi connectivity index (χ1v) is 6.97. The van der Waals surface area contributed by atoms with Crippen molar-refractivity contribution in [1.29, 1.82) is 0 Å². The van der Waals surface area contributed by atoms with E-state index in [1.165, 1.54) is 0 Å². The average Bonchev–Trinajstić information content (AvgIpc) is 2.98. The van der Waals surface area contributed by atoms with Gasteiger partial charge < -0.3 is 11.1 Å². The molecule has 112 valence electrons. The Morgan fingerprint density at radius 2 is 2.05 bits per heavy atom. The van der Waals surface area contributed by atoms with Crippen molar-refractivity contribution in [1.82, 2.24) is 0 Å². The maximum atomic E-state index is 13.4. The molecular weight excluding hydrogens is 277 g/mol. The van der Waals surface area contributed by atoms with Crippen molar-refractivity contribution in [3.63, 3.8) is 0 Å². The first-order valence-electron chi connectivity index (χ1n) is 6.97. The zero-order chi connectivity index (χ0) is 15.1. The summed E-state index contributed by atoms with van der Waals surface area (Å²) in [5, 5.41) is 13.3. The number of nitrogens with zero attached hydrogens (tertiary/aromatic N) is 1. The lowest BCUT2D eigenvalue weighted by Crippen LogP contribution is -2.42. The lowest BCUT2D eigenvalue weighted by atomic mass is 9.84. The van der Waals surface area contributed by atoms with Gasteiger partial charge >= 0.3 is 0 Å². The summed E-state index contributed by atoms with van der Waals surface area (Å²) in [4.78, 5) is 22.3. The molecule has 1 amide bonds. The highest BCUT2D eigenvalue weighted by atomic mass is 19.1. The monoisotopic (exact) mass is 293 g/mol. The SMILES string of the molecule is NC1C2CCC(C2)C1C(=O)Nc1cc(F)cc([N+](=O)[O-])c1. The van der Waals surface area contributed by atoms with Crippen LogP contribution in [0, 0.1) is 33.7 Å². The van der Waals surface area contributed by atoms with Gasteiger partial charge in [0.25, 0.3) is 5.69 Å². The minimum Gasteiger partial charge on any atom is -0.327 e. The maximum absolute atomic E-state index is 13.4. The number of fused-ring (bicyclic) bond motifs is 2. The number of amides is 1. The number of nitrogens with one attached hydrogen (secondary N) is 1. The largest absolute Gasteiger partial charge is 0.327 e. The normalized spacial score (nSPS) is 30.4. The number of non-ortho nitro benzene ring substituents is 1. The van der Waals surface area contributed by atoms with Crippen LogP contribution in [0.1, 0.15) is 19.3 Å². The van der Waals surface area contributed by atoms with E-state index in [0.717, 1.165) is 37.5 Å². The van der Waals surface area contributed by atoms with Crippen LogP contribution in [-0.2, 0) is 4.79 Å². The van der Waals surface area contributed by atoms with Crippen molar-refractivity contribution in [3.05, 3.63) is 34.1 Å². The number of nitrogens with two attached hydrogens (primary N) is 1. The minimum absolute atomic E-state index is 0.0988. The number of carbonyl (C=O) groups is 1. The van der Waals surface area contributed by atoms with Crippen molar-refractivity contribution in [2.45, 2.75) is 25.3 Å². The second-order valence-electron chi connectivity index (χ2n) is 5.88. The number of benzene rings is 1. The average molecular weight is 293 g/mol. The molecule has 2 aliphatic rings. The van der Waals surface area contributed by atoms with Gasteiger partial charge in [-0.05, 0) is 37.2 Å². The molecule has 6 nitrogen and oxygen atoms in total. The van der Waals surface area contributed by atoms with Crippen LogP contribution in [0.25, 0.3) is 0 Å². The van der Waals surface area contributed by atoms with E-state index < -0.39 is 10.7 Å². The number of nitro benzene ring substituents is 1. The Bertz CT molecular complexity index is 605. The fourth-order valence-electron chi connectivity index (χ4n) is 3.70. The molecule has 2 aliphatic carbocycles. The van der Waals surface area contributed by atoms with E-state index in [1.54, 1.807) is 0 Å². The van der Waals surface area contributed by atoms with Crippen molar-refractivity contribution < 1.29 is 14.1 Å². The van der Waals surface area contributed by atoms with Gasteiger partial charge in [0, 0.05) is 12.1 Å². The van der Waals surface area contributed by atoms with E-state index >= 15 is 0 Å². The van der Waals surface area contributed by atoms with Gasteiger partial charge in [-0.2, -0.15) is 0 Å². The number of hydrogen-bond acceptors (Lipinski definition) is 4. The Kier molecular flexibility index (Phi) is 3.36. The van der Waals surface area contributed by atoms with Gasteiger partial charge in [-0.15, -0.1) is 0 Å². The van der Waals surface area contributed by atoms with Crippen molar-refractivity contribution >= 4 is 17.3 Å². The summed E-state index contributed by atoms with van der Waals surface area (Å²) in [6, 6.07) is 2.87. The van der Waals surface area contributed by atoms with E-state index in [4.69, 9.17) is 5.73 Å². The lowest BCUT2D eigenvalue weighted by Gasteiger charge is -2.26. The van der Waals surface area contributed by atoms with Crippen molar-refractivity contribution in [2.24, 2.45) is 23.5 Å². The Morgan fingerprint density at radius 1 is 1.33 bits per heavy atom. The van der Waals surface area contributed by atoms with Gasteiger partial charge in [0.15, 0.2) is 0 Å². The fourth-order valence-corrected chi connectivity index (χ4v) is 3.70. The summed E-state index contributed by atoms with van der Waals surface area (Å²) < 4.78 is 13.4. The molecule has 1 aromatic rings. The molecule has 2 saturated carbocycles. The van der Waals surface area contributed by atoms with E-state index in [-0.39, 0.29) is 35.2 Å². The predicted molar refractivity (Wildman–Crippen MR) is 74.0 cm³/mol. The highest BCUT2D eigenvalue weighted by molar-refractivity contribution is 5.94. The molecule has 0 aromatic heterocycles. The Morgan fingerprint density at radius 3 is 2.67 bits per heavy atom. The second kappa shape index (κ2) is 5.07. The molecule has 4 atom stereocenters. The van der Waals surface area contributed by atoms with E-state index in [0.29, 0.717) is 5.92 Å². The molecule has 7 heteroatoms. The van der Waals surface area contributed by atoms with Crippen molar-refractivity contribution in [3.8, 4) is 0 Å². The summed E-state index contributed by atoms with van der Waals surface area (Å²) in [7, 11) is 0. The number of carbonyl (C=O) groups excluding carboxylic acids is 1. The zero-order valence-corrected chi connectivity index (χ0v) is 11.3. The van der Waals surface area contributed by atoms with Crippen LogP contribution in [0.5, 0.6) is 0 Å². The quantitative estimate of drug-likeness (QED) is 0.658. The molecule has 0 spiro atoms. The molecular formula is C14H16FN3O3. The molecule has 0 heterocycles. The topological polar surface area (TPSA) is 98.3 Å². The smallest absolute Gasteiger partial charge is 0.274 e. The molecule has 4 unspecified atom stereocenters. The summed E-state index contributed by atoms with van der Waals surface area (Å²) in [5.41, 5.74) is 5.80. The molecule has 2 fully saturated rings. The fraction of sp³-hybridized carbons (Fsp3) is 0.500. The first-order chi connectivity index (χ1) is 9.95. The highest BCUT2D eigenvalue weighted by Crippen LogP contribution is 2.47. The van der Waals surface area contributed by atoms with Crippen molar-refractivity contribution in [2.75, 3.05) is 5.32 Å². The number of rotatable bonds is 3. The molecule has 1 aromatic carbocycles. The summed E-state index contributed by atoms with van der Waals surface area (Å²) in [6.45, 7) is 0. The van der Waals surface area contributed by atoms with Gasteiger partial charge in [-0.1, -0.05) is 0 Å². The minimum atomic E-state index is -0.753. The molecule has 0 aliphatic heterocycles. The van der Waals surface area contributed by atoms with Gasteiger partial charge in [0.2, 0.25) is 5.91 Å². The van der Waals surface area contributed by atoms with Gasteiger partial charge in [-0.3, -0.25) is 14.9 Å². The van der Waals surface area contributed by atoms with Gasteiger partial charge in [-0.25, -0.2) is 4.39 Å². The number of nitro groups is 1. The first kappa shape index (κ1) is 13.9. The third-order valence-corrected chi connectivity index (χ3v) is 4.64. The third kappa shape index (κ3) is 2.49. The highest BCUT2D eigenvalue weighted by Gasteiger charge is 2.49. The van der Waals surface area contributed by atoms with E-state index in [9.17, 15) is 19.3 Å². The maximum Gasteiger partial charge on any atom is 0.274 e. The summed E-state index contributed by atoms with van der Waals surface area (Å²) in [5.74, 6) is -0.654. The van der Waals surface area contributed by atoms with Crippen LogP contribution in [0.2, 0.25) is 0 Å². The van der Waals surface area contributed by atoms with Gasteiger partial charge in [0.1, 0.15) is 5.82 Å². The van der Waals surface area contributed by atoms with Crippen LogP contribution in [0.15, 0.2) is 18.2 Å². The zero-order valence-electron chi connectivity index (χ0n) is 11.3. The standard InChI is InChI=1S/C14H16FN3O3/c15-9-4-10(6-11(5-9)18(20)21)17-14(19)12-7-1-2-8(3-7)13(12)16/h4-8,12-13H,1-3,16H2,(H,17,19). The molecule has 21 heavy (non-hydrogen) atoms. The number of halogens is 1. The van der Waals surface area contributed by atoms with Crippen LogP contribution < -0.4 is 11.1 Å².